The molecule has 0 spiro atoms. The lowest BCUT2D eigenvalue weighted by atomic mass is 9.93. The van der Waals surface area contributed by atoms with E-state index in [1.807, 2.05) is 6.92 Å². The fourth-order valence-corrected chi connectivity index (χ4v) is 2.19. The fourth-order valence-electron chi connectivity index (χ4n) is 1.81. The molecular weight excluding hydrogens is 280 g/mol. The monoisotopic (exact) mass is 298 g/mol. The molecule has 0 aliphatic carbocycles. The molecule has 94 valence electrons. The first-order chi connectivity index (χ1) is 7.95. The SMILES string of the molecule is CC1(C)COC(C)(c2ccc(CBr)cc2)OC1. The van der Waals surface area contributed by atoms with Crippen LogP contribution in [0.1, 0.15) is 31.9 Å². The zero-order chi connectivity index (χ0) is 12.5. The van der Waals surface area contributed by atoms with E-state index in [4.69, 9.17) is 9.47 Å². The predicted molar refractivity (Wildman–Crippen MR) is 72.1 cm³/mol. The first kappa shape index (κ1) is 13.1. The average Bonchev–Trinajstić information content (AvgIpc) is 2.34. The number of ether oxygens (including phenoxy) is 2. The van der Waals surface area contributed by atoms with Crippen molar-refractivity contribution in [2.75, 3.05) is 13.2 Å². The third kappa shape index (κ3) is 2.90. The Morgan fingerprint density at radius 3 is 2.06 bits per heavy atom. The molecule has 0 unspecified atom stereocenters. The van der Waals surface area contributed by atoms with E-state index in [9.17, 15) is 0 Å². The van der Waals surface area contributed by atoms with E-state index in [2.05, 4.69) is 54.0 Å². The Kier molecular flexibility index (Phi) is 3.62. The highest BCUT2D eigenvalue weighted by atomic mass is 79.9. The van der Waals surface area contributed by atoms with E-state index >= 15 is 0 Å². The van der Waals surface area contributed by atoms with Crippen LogP contribution < -0.4 is 0 Å². The van der Waals surface area contributed by atoms with Crippen LogP contribution in [-0.2, 0) is 20.6 Å². The molecule has 0 atom stereocenters. The highest BCUT2D eigenvalue weighted by Crippen LogP contribution is 2.36. The van der Waals surface area contributed by atoms with Crippen LogP contribution in [0.25, 0.3) is 0 Å². The molecule has 0 saturated carbocycles. The molecule has 2 rings (SSSR count). The Morgan fingerprint density at radius 1 is 1.06 bits per heavy atom. The summed E-state index contributed by atoms with van der Waals surface area (Å²) in [4.78, 5) is 0. The maximum Gasteiger partial charge on any atom is 0.191 e. The second-order valence-electron chi connectivity index (χ2n) is 5.52. The smallest absolute Gasteiger partial charge is 0.191 e. The largest absolute Gasteiger partial charge is 0.345 e. The van der Waals surface area contributed by atoms with Crippen molar-refractivity contribution in [3.63, 3.8) is 0 Å². The molecule has 0 radical (unpaired) electrons. The molecule has 1 fully saturated rings. The second kappa shape index (κ2) is 4.71. The maximum absolute atomic E-state index is 5.91. The lowest BCUT2D eigenvalue weighted by Gasteiger charge is -2.41. The van der Waals surface area contributed by atoms with Gasteiger partial charge in [-0.15, -0.1) is 0 Å². The minimum Gasteiger partial charge on any atom is -0.345 e. The van der Waals surface area contributed by atoms with Gasteiger partial charge in [-0.1, -0.05) is 54.0 Å². The molecule has 2 nitrogen and oxygen atoms in total. The lowest BCUT2D eigenvalue weighted by Crippen LogP contribution is -2.43. The third-order valence-corrected chi connectivity index (χ3v) is 3.76. The van der Waals surface area contributed by atoms with Gasteiger partial charge in [-0.25, -0.2) is 0 Å². The van der Waals surface area contributed by atoms with Gasteiger partial charge < -0.3 is 9.47 Å². The molecule has 1 heterocycles. The van der Waals surface area contributed by atoms with Gasteiger partial charge in [0.15, 0.2) is 5.79 Å². The van der Waals surface area contributed by atoms with Crippen molar-refractivity contribution in [2.24, 2.45) is 5.41 Å². The highest BCUT2D eigenvalue weighted by molar-refractivity contribution is 9.08. The molecular formula is C14H19BrO2. The molecule has 0 bridgehead atoms. The summed E-state index contributed by atoms with van der Waals surface area (Å²) in [6.45, 7) is 7.75. The Labute approximate surface area is 111 Å². The average molecular weight is 299 g/mol. The van der Waals surface area contributed by atoms with Crippen molar-refractivity contribution in [1.29, 1.82) is 0 Å². The molecule has 0 aromatic heterocycles. The van der Waals surface area contributed by atoms with E-state index in [1.54, 1.807) is 0 Å². The molecule has 1 saturated heterocycles. The number of hydrogen-bond acceptors (Lipinski definition) is 2. The van der Waals surface area contributed by atoms with E-state index < -0.39 is 5.79 Å². The molecule has 3 heteroatoms. The topological polar surface area (TPSA) is 18.5 Å². The van der Waals surface area contributed by atoms with E-state index in [1.165, 1.54) is 5.56 Å². The number of hydrogen-bond donors (Lipinski definition) is 0. The predicted octanol–water partition coefficient (Wildman–Crippen LogP) is 3.83. The number of rotatable bonds is 2. The Morgan fingerprint density at radius 2 is 1.59 bits per heavy atom. The minimum atomic E-state index is -0.597. The van der Waals surface area contributed by atoms with E-state index in [-0.39, 0.29) is 5.41 Å². The van der Waals surface area contributed by atoms with Gasteiger partial charge in [0, 0.05) is 16.3 Å². The van der Waals surface area contributed by atoms with E-state index in [0.29, 0.717) is 0 Å². The molecule has 0 amide bonds. The van der Waals surface area contributed by atoms with Crippen molar-refractivity contribution in [3.8, 4) is 0 Å². The van der Waals surface area contributed by atoms with Gasteiger partial charge in [-0.05, 0) is 12.5 Å². The standard InChI is InChI=1S/C14H19BrO2/c1-13(2)9-16-14(3,17-10-13)12-6-4-11(8-15)5-7-12/h4-7H,8-10H2,1-3H3. The summed E-state index contributed by atoms with van der Waals surface area (Å²) >= 11 is 3.44. The van der Waals surface area contributed by atoms with Crippen LogP contribution in [0.5, 0.6) is 0 Å². The van der Waals surface area contributed by atoms with Gasteiger partial charge in [0.2, 0.25) is 0 Å². The van der Waals surface area contributed by atoms with Crippen LogP contribution in [0.3, 0.4) is 0 Å². The summed E-state index contributed by atoms with van der Waals surface area (Å²) in [5.41, 5.74) is 2.45. The minimum absolute atomic E-state index is 0.106. The van der Waals surface area contributed by atoms with Gasteiger partial charge in [-0.3, -0.25) is 0 Å². The summed E-state index contributed by atoms with van der Waals surface area (Å²) in [6.07, 6.45) is 0. The molecule has 1 aliphatic rings. The second-order valence-corrected chi connectivity index (χ2v) is 6.08. The quantitative estimate of drug-likeness (QED) is 0.773. The van der Waals surface area contributed by atoms with Crippen LogP contribution >= 0.6 is 15.9 Å². The lowest BCUT2D eigenvalue weighted by molar-refractivity contribution is -0.298. The van der Waals surface area contributed by atoms with Crippen molar-refractivity contribution >= 4 is 15.9 Å². The summed E-state index contributed by atoms with van der Waals surface area (Å²) in [5.74, 6) is -0.597. The number of alkyl halides is 1. The Bertz CT molecular complexity index is 374. The maximum atomic E-state index is 5.91. The Hall–Kier alpha value is -0.380. The van der Waals surface area contributed by atoms with Crippen LogP contribution in [0.15, 0.2) is 24.3 Å². The van der Waals surface area contributed by atoms with Crippen LogP contribution in [0.2, 0.25) is 0 Å². The molecule has 1 aliphatic heterocycles. The van der Waals surface area contributed by atoms with Crippen molar-refractivity contribution in [3.05, 3.63) is 35.4 Å². The summed E-state index contributed by atoms with van der Waals surface area (Å²) in [5, 5.41) is 0.874. The Balaban J connectivity index is 2.15. The number of halogens is 1. The molecule has 1 aromatic rings. The first-order valence-electron chi connectivity index (χ1n) is 5.88. The van der Waals surface area contributed by atoms with Crippen molar-refractivity contribution < 1.29 is 9.47 Å². The van der Waals surface area contributed by atoms with Crippen LogP contribution in [-0.4, -0.2) is 13.2 Å². The zero-order valence-corrected chi connectivity index (χ0v) is 12.2. The fraction of sp³-hybridized carbons (Fsp3) is 0.571. The van der Waals surface area contributed by atoms with Crippen LogP contribution in [0.4, 0.5) is 0 Å². The molecule has 1 aromatic carbocycles. The van der Waals surface area contributed by atoms with Gasteiger partial charge in [0.05, 0.1) is 13.2 Å². The summed E-state index contributed by atoms with van der Waals surface area (Å²) in [7, 11) is 0. The molecule has 17 heavy (non-hydrogen) atoms. The van der Waals surface area contributed by atoms with Crippen molar-refractivity contribution in [2.45, 2.75) is 31.9 Å². The van der Waals surface area contributed by atoms with Crippen molar-refractivity contribution in [1.82, 2.24) is 0 Å². The van der Waals surface area contributed by atoms with Gasteiger partial charge in [0.1, 0.15) is 0 Å². The van der Waals surface area contributed by atoms with Gasteiger partial charge in [-0.2, -0.15) is 0 Å². The zero-order valence-electron chi connectivity index (χ0n) is 10.6. The number of benzene rings is 1. The van der Waals surface area contributed by atoms with Gasteiger partial charge >= 0.3 is 0 Å². The highest BCUT2D eigenvalue weighted by Gasteiger charge is 2.38. The summed E-state index contributed by atoms with van der Waals surface area (Å²) in [6, 6.07) is 8.35. The molecule has 0 N–H and O–H groups in total. The van der Waals surface area contributed by atoms with Crippen LogP contribution in [0, 0.1) is 5.41 Å². The summed E-state index contributed by atoms with van der Waals surface area (Å²) < 4.78 is 11.8. The first-order valence-corrected chi connectivity index (χ1v) is 7.01. The normalized spacial score (nSPS) is 22.4. The van der Waals surface area contributed by atoms with Gasteiger partial charge in [0.25, 0.3) is 0 Å². The van der Waals surface area contributed by atoms with E-state index in [0.717, 1.165) is 24.1 Å². The third-order valence-electron chi connectivity index (χ3n) is 3.11.